The van der Waals surface area contributed by atoms with Crippen molar-refractivity contribution in [1.29, 1.82) is 0 Å². The summed E-state index contributed by atoms with van der Waals surface area (Å²) in [6.07, 6.45) is 9.82. The molecular formula is C20H27N7. The van der Waals surface area contributed by atoms with Crippen LogP contribution in [-0.4, -0.2) is 46.1 Å². The first kappa shape index (κ1) is 16.7. The molecule has 27 heavy (non-hydrogen) atoms. The number of nitrogens with zero attached hydrogens (tertiary/aromatic N) is 6. The van der Waals surface area contributed by atoms with Crippen molar-refractivity contribution in [3.63, 3.8) is 0 Å². The maximum Gasteiger partial charge on any atom is 0.168 e. The number of hydrogen-bond acceptors (Lipinski definition) is 7. The van der Waals surface area contributed by atoms with Crippen LogP contribution < -0.4 is 15.2 Å². The number of nitrogens with one attached hydrogen (secondary N) is 1. The molecule has 3 aliphatic rings. The van der Waals surface area contributed by atoms with E-state index in [0.717, 1.165) is 43.3 Å². The minimum atomic E-state index is 0.0450. The number of hydrogen-bond donors (Lipinski definition) is 1. The van der Waals surface area contributed by atoms with E-state index >= 15 is 0 Å². The van der Waals surface area contributed by atoms with Gasteiger partial charge in [0, 0.05) is 32.4 Å². The van der Waals surface area contributed by atoms with Crippen molar-refractivity contribution in [1.82, 2.24) is 20.0 Å². The molecule has 7 nitrogen and oxygen atoms in total. The minimum absolute atomic E-state index is 0.0450. The van der Waals surface area contributed by atoms with Crippen molar-refractivity contribution in [2.45, 2.75) is 51.2 Å². The Balaban J connectivity index is 1.48. The predicted molar refractivity (Wildman–Crippen MR) is 107 cm³/mol. The van der Waals surface area contributed by atoms with E-state index in [2.05, 4.69) is 45.3 Å². The topological polar surface area (TPSA) is 60.4 Å². The Morgan fingerprint density at radius 3 is 2.89 bits per heavy atom. The van der Waals surface area contributed by atoms with Gasteiger partial charge in [-0.1, -0.05) is 0 Å². The van der Waals surface area contributed by atoms with E-state index in [0.29, 0.717) is 6.04 Å². The van der Waals surface area contributed by atoms with Crippen LogP contribution in [0.4, 0.5) is 17.3 Å². The number of piperidine rings is 1. The largest absolute Gasteiger partial charge is 0.353 e. The molecule has 0 aliphatic carbocycles. The molecule has 3 aliphatic heterocycles. The van der Waals surface area contributed by atoms with Gasteiger partial charge in [-0.25, -0.2) is 9.97 Å². The Kier molecular flexibility index (Phi) is 4.11. The van der Waals surface area contributed by atoms with E-state index < -0.39 is 0 Å². The zero-order chi connectivity index (χ0) is 18.4. The molecule has 0 saturated carbocycles. The quantitative estimate of drug-likeness (QED) is 0.878. The van der Waals surface area contributed by atoms with Crippen LogP contribution >= 0.6 is 0 Å². The zero-order valence-corrected chi connectivity index (χ0v) is 16.1. The Labute approximate surface area is 160 Å². The zero-order valence-electron chi connectivity index (χ0n) is 16.1. The van der Waals surface area contributed by atoms with Gasteiger partial charge >= 0.3 is 0 Å². The van der Waals surface area contributed by atoms with Gasteiger partial charge in [0.05, 0.1) is 17.6 Å². The van der Waals surface area contributed by atoms with Crippen molar-refractivity contribution >= 4 is 17.3 Å². The number of aryl methyl sites for hydroxylation is 1. The third-order valence-electron chi connectivity index (χ3n) is 6.06. The van der Waals surface area contributed by atoms with E-state index in [9.17, 15) is 0 Å². The van der Waals surface area contributed by atoms with Crippen LogP contribution in [0.1, 0.15) is 50.2 Å². The molecule has 7 heteroatoms. The average Bonchev–Trinajstić information content (AvgIpc) is 3.02. The second kappa shape index (κ2) is 6.64. The highest BCUT2D eigenvalue weighted by molar-refractivity contribution is 5.59. The molecule has 5 rings (SSSR count). The Hall–Kier alpha value is -2.41. The van der Waals surface area contributed by atoms with Crippen LogP contribution in [0.25, 0.3) is 0 Å². The van der Waals surface area contributed by atoms with Gasteiger partial charge in [0.2, 0.25) is 0 Å². The van der Waals surface area contributed by atoms with Gasteiger partial charge < -0.3 is 9.80 Å². The number of rotatable bonds is 2. The van der Waals surface area contributed by atoms with Gasteiger partial charge in [-0.05, 0) is 51.2 Å². The van der Waals surface area contributed by atoms with Crippen LogP contribution in [0.15, 0.2) is 24.5 Å². The molecule has 1 N–H and O–H groups in total. The van der Waals surface area contributed by atoms with Crippen molar-refractivity contribution in [3.8, 4) is 0 Å². The molecule has 142 valence electrons. The minimum Gasteiger partial charge on any atom is -0.353 e. The Morgan fingerprint density at radius 2 is 2.00 bits per heavy atom. The lowest BCUT2D eigenvalue weighted by atomic mass is 10.0. The molecule has 0 amide bonds. The highest BCUT2D eigenvalue weighted by Gasteiger charge is 2.37. The van der Waals surface area contributed by atoms with Crippen molar-refractivity contribution < 1.29 is 0 Å². The van der Waals surface area contributed by atoms with E-state index in [-0.39, 0.29) is 6.17 Å². The molecular weight excluding hydrogens is 338 g/mol. The molecule has 0 radical (unpaired) electrons. The highest BCUT2D eigenvalue weighted by Crippen LogP contribution is 2.40. The van der Waals surface area contributed by atoms with Crippen LogP contribution in [0, 0.1) is 0 Å². The number of pyridine rings is 1. The third kappa shape index (κ3) is 2.81. The number of hydrazine groups is 1. The Morgan fingerprint density at radius 1 is 1.11 bits per heavy atom. The molecule has 2 aromatic heterocycles. The van der Waals surface area contributed by atoms with Crippen LogP contribution in [-0.2, 0) is 6.42 Å². The summed E-state index contributed by atoms with van der Waals surface area (Å²) in [6, 6.07) is 4.72. The summed E-state index contributed by atoms with van der Waals surface area (Å²) >= 11 is 0. The van der Waals surface area contributed by atoms with E-state index in [1.165, 1.54) is 30.6 Å². The summed E-state index contributed by atoms with van der Waals surface area (Å²) in [4.78, 5) is 19.2. The number of aromatic nitrogens is 3. The van der Waals surface area contributed by atoms with E-state index in [1.54, 1.807) is 0 Å². The molecule has 1 fully saturated rings. The highest BCUT2D eigenvalue weighted by atomic mass is 15.6. The predicted octanol–water partition coefficient (Wildman–Crippen LogP) is 2.97. The second-order valence-electron chi connectivity index (χ2n) is 7.86. The van der Waals surface area contributed by atoms with E-state index in [4.69, 9.17) is 9.97 Å². The molecule has 0 spiro atoms. The molecule has 2 unspecified atom stereocenters. The normalized spacial score (nSPS) is 25.1. The summed E-state index contributed by atoms with van der Waals surface area (Å²) in [5.41, 5.74) is 6.84. The fraction of sp³-hybridized carbons (Fsp3) is 0.550. The molecule has 2 aromatic rings. The molecule has 2 atom stereocenters. The van der Waals surface area contributed by atoms with Gasteiger partial charge in [-0.3, -0.25) is 10.4 Å². The number of fused-ring (bicyclic) bond motifs is 2. The third-order valence-corrected chi connectivity index (χ3v) is 6.06. The fourth-order valence-corrected chi connectivity index (χ4v) is 4.68. The summed E-state index contributed by atoms with van der Waals surface area (Å²) in [5, 5.41) is 2.12. The van der Waals surface area contributed by atoms with Gasteiger partial charge in [-0.2, -0.15) is 5.01 Å². The first-order chi connectivity index (χ1) is 13.2. The second-order valence-corrected chi connectivity index (χ2v) is 7.86. The average molecular weight is 365 g/mol. The van der Waals surface area contributed by atoms with Crippen LogP contribution in [0.2, 0.25) is 0 Å². The number of anilines is 3. The lowest BCUT2D eigenvalue weighted by molar-refractivity contribution is 0.298. The van der Waals surface area contributed by atoms with Crippen molar-refractivity contribution in [2.75, 3.05) is 35.4 Å². The van der Waals surface area contributed by atoms with Crippen molar-refractivity contribution in [2.24, 2.45) is 0 Å². The standard InChI is InChI=1S/C20H27N7/c1-14-7-3-4-11-26(14)17-13-22-18-19(23-17)24-25(2)20(18)27-12-6-8-15-16(27)9-5-10-21-15/h5,9-10,13-14,20H,3-4,6-8,11-12H2,1-2H3,(H,23,24). The summed E-state index contributed by atoms with van der Waals surface area (Å²) in [5.74, 6) is 1.87. The molecule has 0 bridgehead atoms. The van der Waals surface area contributed by atoms with Crippen LogP contribution in [0.3, 0.4) is 0 Å². The summed E-state index contributed by atoms with van der Waals surface area (Å²) in [6.45, 7) is 4.36. The monoisotopic (exact) mass is 365 g/mol. The van der Waals surface area contributed by atoms with Crippen molar-refractivity contribution in [3.05, 3.63) is 35.9 Å². The summed E-state index contributed by atoms with van der Waals surface area (Å²) < 4.78 is 0. The fourth-order valence-electron chi connectivity index (χ4n) is 4.68. The van der Waals surface area contributed by atoms with E-state index in [1.807, 2.05) is 18.5 Å². The van der Waals surface area contributed by atoms with Gasteiger partial charge in [0.15, 0.2) is 5.82 Å². The maximum absolute atomic E-state index is 4.95. The molecule has 5 heterocycles. The Bertz CT molecular complexity index is 839. The van der Waals surface area contributed by atoms with Gasteiger partial charge in [0.1, 0.15) is 17.7 Å². The first-order valence-corrected chi connectivity index (χ1v) is 10.1. The van der Waals surface area contributed by atoms with Gasteiger partial charge in [-0.15, -0.1) is 0 Å². The lowest BCUT2D eigenvalue weighted by Gasteiger charge is -2.37. The first-order valence-electron chi connectivity index (χ1n) is 10.1. The maximum atomic E-state index is 4.95. The smallest absolute Gasteiger partial charge is 0.168 e. The summed E-state index contributed by atoms with van der Waals surface area (Å²) in [7, 11) is 2.07. The molecule has 0 aromatic carbocycles. The lowest BCUT2D eigenvalue weighted by Crippen LogP contribution is -2.41. The van der Waals surface area contributed by atoms with Crippen LogP contribution in [0.5, 0.6) is 0 Å². The van der Waals surface area contributed by atoms with Gasteiger partial charge in [0.25, 0.3) is 0 Å². The SMILES string of the molecule is CC1CCCCN1c1cnc2c(n1)NN(C)C2N1CCCc2ncccc21. The molecule has 1 saturated heterocycles.